The van der Waals surface area contributed by atoms with Gasteiger partial charge in [0.25, 0.3) is 10.1 Å². The molecule has 0 aliphatic heterocycles. The van der Waals surface area contributed by atoms with E-state index in [-0.39, 0.29) is 0 Å². The third-order valence-corrected chi connectivity index (χ3v) is 1.20. The zero-order valence-corrected chi connectivity index (χ0v) is 8.22. The standard InChI is InChI=1S/C3H6O8S2/c1-12(5,6)10-3(4)9-11-13(2,7)8/h1-2H3. The Morgan fingerprint density at radius 3 is 1.77 bits per heavy atom. The summed E-state index contributed by atoms with van der Waals surface area (Å²) in [7, 11) is -8.03. The summed E-state index contributed by atoms with van der Waals surface area (Å²) in [5.41, 5.74) is 0. The van der Waals surface area contributed by atoms with Crippen molar-refractivity contribution >= 4 is 26.4 Å². The summed E-state index contributed by atoms with van der Waals surface area (Å²) in [5.74, 6) is 0. The van der Waals surface area contributed by atoms with Crippen LogP contribution in [-0.2, 0) is 33.6 Å². The van der Waals surface area contributed by atoms with Gasteiger partial charge in [0.15, 0.2) is 0 Å². The molecule has 0 saturated carbocycles. The van der Waals surface area contributed by atoms with Gasteiger partial charge >= 0.3 is 16.3 Å². The maximum absolute atomic E-state index is 10.3. The Labute approximate surface area is 74.6 Å². The zero-order chi connectivity index (χ0) is 10.7. The van der Waals surface area contributed by atoms with Crippen LogP contribution in [0.5, 0.6) is 0 Å². The van der Waals surface area contributed by atoms with Crippen LogP contribution in [0.25, 0.3) is 0 Å². The third-order valence-electron chi connectivity index (χ3n) is 0.445. The lowest BCUT2D eigenvalue weighted by Crippen LogP contribution is -2.15. The van der Waals surface area contributed by atoms with E-state index in [0.717, 1.165) is 0 Å². The number of carbonyl (C=O) groups is 1. The Balaban J connectivity index is 4.07. The molecule has 0 atom stereocenters. The molecule has 0 aromatic heterocycles. The molecule has 13 heavy (non-hydrogen) atoms. The molecule has 0 rings (SSSR count). The molecule has 0 N–H and O–H groups in total. The molecular weight excluding hydrogens is 228 g/mol. The van der Waals surface area contributed by atoms with Gasteiger partial charge in [-0.2, -0.15) is 21.6 Å². The number of rotatable bonds is 3. The molecule has 0 bridgehead atoms. The van der Waals surface area contributed by atoms with E-state index in [1.165, 1.54) is 0 Å². The lowest BCUT2D eigenvalue weighted by Gasteiger charge is -1.99. The highest BCUT2D eigenvalue weighted by Gasteiger charge is 2.16. The zero-order valence-electron chi connectivity index (χ0n) is 6.58. The van der Waals surface area contributed by atoms with Gasteiger partial charge in [-0.15, -0.1) is 0 Å². The van der Waals surface area contributed by atoms with Crippen LogP contribution in [-0.4, -0.2) is 35.5 Å². The highest BCUT2D eigenvalue weighted by atomic mass is 32.2. The van der Waals surface area contributed by atoms with Gasteiger partial charge in [-0.1, -0.05) is 0 Å². The van der Waals surface area contributed by atoms with Gasteiger partial charge in [-0.05, 0) is 4.33 Å². The van der Waals surface area contributed by atoms with Crippen molar-refractivity contribution in [3.05, 3.63) is 0 Å². The van der Waals surface area contributed by atoms with E-state index in [9.17, 15) is 21.6 Å². The predicted octanol–water partition coefficient (Wildman–Crippen LogP) is -1.01. The third kappa shape index (κ3) is 9.04. The first kappa shape index (κ1) is 12.1. The molecule has 0 aromatic rings. The summed E-state index contributed by atoms with van der Waals surface area (Å²) in [6.07, 6.45) is -0.608. The van der Waals surface area contributed by atoms with Gasteiger partial charge in [0.05, 0.1) is 12.5 Å². The first-order valence-electron chi connectivity index (χ1n) is 2.60. The van der Waals surface area contributed by atoms with Gasteiger partial charge in [0, 0.05) is 0 Å². The smallest absolute Gasteiger partial charge is 0.310 e. The Kier molecular flexibility index (Phi) is 3.63. The van der Waals surface area contributed by atoms with Gasteiger partial charge in [0.2, 0.25) is 0 Å². The normalized spacial score (nSPS) is 12.2. The van der Waals surface area contributed by atoms with Crippen LogP contribution >= 0.6 is 0 Å². The second kappa shape index (κ2) is 3.89. The first-order valence-corrected chi connectivity index (χ1v) is 6.23. The summed E-state index contributed by atoms with van der Waals surface area (Å²) >= 11 is 0. The summed E-state index contributed by atoms with van der Waals surface area (Å²) in [4.78, 5) is 13.7. The van der Waals surface area contributed by atoms with Crippen molar-refractivity contribution in [3.63, 3.8) is 0 Å². The number of carbonyl (C=O) groups excluding carboxylic acids is 1. The lowest BCUT2D eigenvalue weighted by atomic mass is 11.4. The fraction of sp³-hybridized carbons (Fsp3) is 0.667. The van der Waals surface area contributed by atoms with Crippen molar-refractivity contribution in [1.82, 2.24) is 0 Å². The van der Waals surface area contributed by atoms with Crippen LogP contribution in [0.4, 0.5) is 4.79 Å². The molecule has 10 heteroatoms. The van der Waals surface area contributed by atoms with E-state index < -0.39 is 26.4 Å². The molecular formula is C3H6O8S2. The highest BCUT2D eigenvalue weighted by molar-refractivity contribution is 7.86. The molecule has 0 aliphatic rings. The molecule has 78 valence electrons. The average molecular weight is 234 g/mol. The highest BCUT2D eigenvalue weighted by Crippen LogP contribution is 1.95. The Hall–Kier alpha value is -0.870. The second-order valence-electron chi connectivity index (χ2n) is 1.89. The average Bonchev–Trinajstić information content (AvgIpc) is 1.78. The van der Waals surface area contributed by atoms with Crippen LogP contribution in [0.2, 0.25) is 0 Å². The van der Waals surface area contributed by atoms with Gasteiger partial charge in [-0.25, -0.2) is 4.89 Å². The maximum atomic E-state index is 10.3. The number of hydrogen-bond acceptors (Lipinski definition) is 8. The van der Waals surface area contributed by atoms with Crippen molar-refractivity contribution in [3.8, 4) is 0 Å². The minimum Gasteiger partial charge on any atom is -0.310 e. The summed E-state index contributed by atoms with van der Waals surface area (Å²) in [6, 6.07) is 0. The topological polar surface area (TPSA) is 113 Å². The monoisotopic (exact) mass is 234 g/mol. The Bertz CT molecular complexity index is 374. The molecule has 0 aromatic carbocycles. The van der Waals surface area contributed by atoms with Crippen LogP contribution in [0.3, 0.4) is 0 Å². The Morgan fingerprint density at radius 2 is 1.46 bits per heavy atom. The second-order valence-corrected chi connectivity index (χ2v) is 5.01. The molecule has 0 spiro atoms. The van der Waals surface area contributed by atoms with Crippen molar-refractivity contribution in [2.24, 2.45) is 0 Å². The van der Waals surface area contributed by atoms with Crippen LogP contribution in [0, 0.1) is 0 Å². The van der Waals surface area contributed by atoms with Gasteiger partial charge < -0.3 is 4.18 Å². The molecule has 0 aliphatic carbocycles. The van der Waals surface area contributed by atoms with E-state index in [1.807, 2.05) is 0 Å². The molecule has 8 nitrogen and oxygen atoms in total. The minimum absolute atomic E-state index is 0.578. The van der Waals surface area contributed by atoms with Crippen LogP contribution < -0.4 is 0 Å². The lowest BCUT2D eigenvalue weighted by molar-refractivity contribution is -0.150. The van der Waals surface area contributed by atoms with E-state index in [4.69, 9.17) is 0 Å². The molecule has 0 amide bonds. The molecule has 0 fully saturated rings. The Morgan fingerprint density at radius 1 is 1.00 bits per heavy atom. The van der Waals surface area contributed by atoms with Crippen LogP contribution in [0.1, 0.15) is 0 Å². The van der Waals surface area contributed by atoms with Gasteiger partial charge in [-0.3, -0.25) is 0 Å². The van der Waals surface area contributed by atoms with E-state index in [2.05, 4.69) is 13.4 Å². The SMILES string of the molecule is CS(=O)(=O)OOC(=O)OS(C)(=O)=O. The summed E-state index contributed by atoms with van der Waals surface area (Å²) in [6.45, 7) is 0. The first-order chi connectivity index (χ1) is 5.60. The molecule has 0 unspecified atom stereocenters. The fourth-order valence-electron chi connectivity index (χ4n) is 0.227. The number of hydrogen-bond donors (Lipinski definition) is 0. The molecule has 0 saturated heterocycles. The predicted molar refractivity (Wildman–Crippen MR) is 38.3 cm³/mol. The molecule has 0 heterocycles. The minimum atomic E-state index is -4.04. The van der Waals surface area contributed by atoms with Crippen molar-refractivity contribution < 1.29 is 35.0 Å². The summed E-state index contributed by atoms with van der Waals surface area (Å²) < 4.78 is 47.9. The van der Waals surface area contributed by atoms with E-state index >= 15 is 0 Å². The van der Waals surface area contributed by atoms with E-state index in [0.29, 0.717) is 12.5 Å². The maximum Gasteiger partial charge on any atom is 0.557 e. The van der Waals surface area contributed by atoms with Crippen molar-refractivity contribution in [1.29, 1.82) is 0 Å². The quantitative estimate of drug-likeness (QED) is 0.346. The molecule has 0 radical (unpaired) electrons. The fourth-order valence-corrected chi connectivity index (χ4v) is 0.681. The largest absolute Gasteiger partial charge is 0.557 e. The van der Waals surface area contributed by atoms with Gasteiger partial charge in [0.1, 0.15) is 0 Å². The summed E-state index contributed by atoms with van der Waals surface area (Å²) in [5, 5.41) is 0. The van der Waals surface area contributed by atoms with Crippen molar-refractivity contribution in [2.75, 3.05) is 12.5 Å². The van der Waals surface area contributed by atoms with E-state index in [1.54, 1.807) is 0 Å². The van der Waals surface area contributed by atoms with Crippen LogP contribution in [0.15, 0.2) is 0 Å². The van der Waals surface area contributed by atoms with Crippen molar-refractivity contribution in [2.45, 2.75) is 0 Å².